The molecule has 2 aromatic heterocycles. The molecule has 13 nitrogen and oxygen atoms in total. The maximum Gasteiger partial charge on any atom is 0.419 e. The number of alkyl halides is 3. The molecule has 0 spiro atoms. The Morgan fingerprint density at radius 2 is 1.59 bits per heavy atom. The number of ether oxygens (including phenoxy) is 2. The number of sulfonamides is 1. The number of halogens is 3. The predicted molar refractivity (Wildman–Crippen MR) is 161 cm³/mol. The highest BCUT2D eigenvalue weighted by molar-refractivity contribution is 7.89. The van der Waals surface area contributed by atoms with Crippen molar-refractivity contribution in [1.29, 1.82) is 0 Å². The van der Waals surface area contributed by atoms with Crippen LogP contribution >= 0.6 is 0 Å². The molecule has 0 atom stereocenters. The Kier molecular flexibility index (Phi) is 9.44. The monoisotopic (exact) mass is 664 g/mol. The number of rotatable bonds is 7. The minimum Gasteiger partial charge on any atom is -0.381 e. The summed E-state index contributed by atoms with van der Waals surface area (Å²) in [7, 11) is -3.80. The normalized spacial score (nSPS) is 19.2. The van der Waals surface area contributed by atoms with E-state index in [9.17, 15) is 26.4 Å². The highest BCUT2D eigenvalue weighted by atomic mass is 32.2. The molecule has 2 N–H and O–H groups in total. The van der Waals surface area contributed by atoms with Gasteiger partial charge in [0.05, 0.1) is 36.0 Å². The molecule has 2 amide bonds. The van der Waals surface area contributed by atoms with Gasteiger partial charge in [0.2, 0.25) is 16.0 Å². The fourth-order valence-electron chi connectivity index (χ4n) is 5.74. The van der Waals surface area contributed by atoms with Crippen molar-refractivity contribution in [2.75, 3.05) is 63.2 Å². The van der Waals surface area contributed by atoms with Gasteiger partial charge in [-0.25, -0.2) is 23.2 Å². The van der Waals surface area contributed by atoms with E-state index in [4.69, 9.17) is 9.47 Å². The zero-order valence-electron chi connectivity index (χ0n) is 24.9. The number of aromatic nitrogens is 4. The number of nitrogens with one attached hydrogen (secondary N) is 2. The second-order valence-electron chi connectivity index (χ2n) is 11.4. The number of piperidine rings is 1. The largest absolute Gasteiger partial charge is 0.419 e. The standard InChI is InChI=1S/C29H35F3N8O5S/c30-29(31,32)25-18-33-27(37-26(25)20-17-34-40(19-20)23-7-13-44-14-8-23)35-22-5-9-39(10-6-22)46(42,43)24-3-1-21(2-4-24)36-28(41)38-11-15-45-16-12-38/h1-4,17-19,22-23H,5-16H2,(H,36,41)(H,33,35,37). The molecule has 3 fully saturated rings. The summed E-state index contributed by atoms with van der Waals surface area (Å²) in [5.41, 5.74) is -0.521. The van der Waals surface area contributed by atoms with Gasteiger partial charge in [0, 0.05) is 69.1 Å². The first kappa shape index (κ1) is 32.2. The lowest BCUT2D eigenvalue weighted by Crippen LogP contribution is -2.43. The third kappa shape index (κ3) is 7.27. The average Bonchev–Trinajstić information content (AvgIpc) is 3.56. The minimum absolute atomic E-state index is 0.0258. The topological polar surface area (TPSA) is 144 Å². The Bertz CT molecular complexity index is 1620. The first-order valence-electron chi connectivity index (χ1n) is 15.1. The predicted octanol–water partition coefficient (Wildman–Crippen LogP) is 3.84. The van der Waals surface area contributed by atoms with Crippen molar-refractivity contribution < 1.29 is 35.9 Å². The third-order valence-corrected chi connectivity index (χ3v) is 10.3. The summed E-state index contributed by atoms with van der Waals surface area (Å²) in [6, 6.07) is 5.52. The molecule has 3 saturated heterocycles. The van der Waals surface area contributed by atoms with E-state index in [-0.39, 0.29) is 53.3 Å². The van der Waals surface area contributed by atoms with Gasteiger partial charge in [-0.1, -0.05) is 0 Å². The van der Waals surface area contributed by atoms with E-state index in [1.807, 2.05) is 0 Å². The number of nitrogens with zero attached hydrogens (tertiary/aromatic N) is 6. The Morgan fingerprint density at radius 3 is 2.26 bits per heavy atom. The summed E-state index contributed by atoms with van der Waals surface area (Å²) in [5, 5.41) is 10.2. The summed E-state index contributed by atoms with van der Waals surface area (Å²) >= 11 is 0. The number of benzene rings is 1. The van der Waals surface area contributed by atoms with Crippen LogP contribution in [-0.4, -0.2) is 102 Å². The van der Waals surface area contributed by atoms with Crippen molar-refractivity contribution in [3.8, 4) is 11.3 Å². The fourth-order valence-corrected chi connectivity index (χ4v) is 7.21. The summed E-state index contributed by atoms with van der Waals surface area (Å²) in [4.78, 5) is 22.3. The van der Waals surface area contributed by atoms with Gasteiger partial charge < -0.3 is 25.0 Å². The Morgan fingerprint density at radius 1 is 0.913 bits per heavy atom. The molecule has 0 radical (unpaired) electrons. The van der Waals surface area contributed by atoms with Crippen molar-refractivity contribution in [2.45, 2.75) is 48.8 Å². The van der Waals surface area contributed by atoms with Crippen LogP contribution in [-0.2, 0) is 25.7 Å². The summed E-state index contributed by atoms with van der Waals surface area (Å²) < 4.78 is 82.0. The van der Waals surface area contributed by atoms with Crippen LogP contribution in [0.5, 0.6) is 0 Å². The van der Waals surface area contributed by atoms with Crippen LogP contribution in [0.15, 0.2) is 47.8 Å². The summed E-state index contributed by atoms with van der Waals surface area (Å²) in [5.74, 6) is 0.0258. The zero-order chi connectivity index (χ0) is 32.3. The van der Waals surface area contributed by atoms with Gasteiger partial charge in [0.25, 0.3) is 0 Å². The average molecular weight is 665 g/mol. The van der Waals surface area contributed by atoms with Gasteiger partial charge in [-0.3, -0.25) is 4.68 Å². The van der Waals surface area contributed by atoms with E-state index in [0.717, 1.165) is 19.0 Å². The Hall–Kier alpha value is -3.80. The van der Waals surface area contributed by atoms with E-state index in [2.05, 4.69) is 25.7 Å². The molecule has 46 heavy (non-hydrogen) atoms. The van der Waals surface area contributed by atoms with Crippen molar-refractivity contribution in [2.24, 2.45) is 0 Å². The molecule has 5 heterocycles. The molecular weight excluding hydrogens is 629 g/mol. The van der Waals surface area contributed by atoms with Crippen LogP contribution < -0.4 is 10.6 Å². The van der Waals surface area contributed by atoms with Gasteiger partial charge in [0.1, 0.15) is 5.56 Å². The molecule has 6 rings (SSSR count). The second kappa shape index (κ2) is 13.5. The van der Waals surface area contributed by atoms with Crippen molar-refractivity contribution in [3.05, 3.63) is 48.4 Å². The van der Waals surface area contributed by atoms with Gasteiger partial charge in [0.15, 0.2) is 0 Å². The highest BCUT2D eigenvalue weighted by Gasteiger charge is 2.36. The quantitative estimate of drug-likeness (QED) is 0.385. The Balaban J connectivity index is 1.08. The number of urea groups is 1. The molecular formula is C29H35F3N8O5S. The number of anilines is 2. The molecule has 1 aromatic carbocycles. The number of morpholine rings is 1. The number of amides is 2. The number of carbonyl (C=O) groups excluding carboxylic acids is 1. The summed E-state index contributed by atoms with van der Waals surface area (Å²) in [6.07, 6.45) is 1.29. The molecule has 3 aliphatic rings. The van der Waals surface area contributed by atoms with Crippen LogP contribution in [0.25, 0.3) is 11.3 Å². The second-order valence-corrected chi connectivity index (χ2v) is 13.3. The Labute approximate surface area is 264 Å². The van der Waals surface area contributed by atoms with E-state index >= 15 is 0 Å². The molecule has 248 valence electrons. The van der Waals surface area contributed by atoms with Gasteiger partial charge in [-0.2, -0.15) is 22.6 Å². The van der Waals surface area contributed by atoms with Crippen LogP contribution in [0.3, 0.4) is 0 Å². The molecule has 3 aromatic rings. The lowest BCUT2D eigenvalue weighted by Gasteiger charge is -2.31. The van der Waals surface area contributed by atoms with Gasteiger partial charge >= 0.3 is 12.2 Å². The number of carbonyl (C=O) groups is 1. The lowest BCUT2D eigenvalue weighted by atomic mass is 10.1. The molecule has 17 heteroatoms. The smallest absolute Gasteiger partial charge is 0.381 e. The minimum atomic E-state index is -4.67. The first-order valence-corrected chi connectivity index (χ1v) is 16.6. The van der Waals surface area contributed by atoms with Gasteiger partial charge in [-0.15, -0.1) is 0 Å². The van der Waals surface area contributed by atoms with Crippen LogP contribution in [0, 0.1) is 0 Å². The fraction of sp³-hybridized carbons (Fsp3) is 0.517. The van der Waals surface area contributed by atoms with Crippen molar-refractivity contribution in [3.63, 3.8) is 0 Å². The zero-order valence-corrected chi connectivity index (χ0v) is 25.8. The number of hydrogen-bond acceptors (Lipinski definition) is 9. The lowest BCUT2D eigenvalue weighted by molar-refractivity contribution is -0.137. The molecule has 0 aliphatic carbocycles. The maximum atomic E-state index is 13.9. The van der Waals surface area contributed by atoms with E-state index in [1.54, 1.807) is 27.9 Å². The van der Waals surface area contributed by atoms with Crippen LogP contribution in [0.4, 0.5) is 29.6 Å². The molecule has 3 aliphatic heterocycles. The number of hydrogen-bond donors (Lipinski definition) is 2. The first-order chi connectivity index (χ1) is 22.1. The summed E-state index contributed by atoms with van der Waals surface area (Å²) in [6.45, 7) is 3.43. The van der Waals surface area contributed by atoms with E-state index in [1.165, 1.54) is 22.6 Å². The van der Waals surface area contributed by atoms with Crippen molar-refractivity contribution in [1.82, 2.24) is 29.0 Å². The SMILES string of the molecule is O=C(Nc1ccc(S(=O)(=O)N2CCC(Nc3ncc(C(F)(F)F)c(-c4cnn(C5CCOCC5)c4)n3)CC2)cc1)N1CCOCC1. The van der Waals surface area contributed by atoms with Crippen LogP contribution in [0.2, 0.25) is 0 Å². The molecule has 0 saturated carbocycles. The van der Waals surface area contributed by atoms with Crippen LogP contribution in [0.1, 0.15) is 37.3 Å². The maximum absolute atomic E-state index is 13.9. The highest BCUT2D eigenvalue weighted by Crippen LogP contribution is 2.37. The van der Waals surface area contributed by atoms with E-state index < -0.39 is 21.8 Å². The van der Waals surface area contributed by atoms with E-state index in [0.29, 0.717) is 58.0 Å². The third-order valence-electron chi connectivity index (χ3n) is 8.36. The molecule has 0 unspecified atom stereocenters. The molecule has 0 bridgehead atoms. The van der Waals surface area contributed by atoms with Gasteiger partial charge in [-0.05, 0) is 49.9 Å². The van der Waals surface area contributed by atoms with Crippen molar-refractivity contribution >= 4 is 27.7 Å².